The van der Waals surface area contributed by atoms with Gasteiger partial charge in [-0.3, -0.25) is 14.4 Å². The van der Waals surface area contributed by atoms with Gasteiger partial charge in [-0.15, -0.1) is 0 Å². The number of carboxylic acid groups (broad SMARTS) is 1. The fourth-order valence-corrected chi connectivity index (χ4v) is 8.84. The number of fused-ring (bicyclic) bond motifs is 5. The van der Waals surface area contributed by atoms with E-state index in [9.17, 15) is 19.5 Å². The Hall–Kier alpha value is -2.17. The van der Waals surface area contributed by atoms with E-state index < -0.39 is 16.8 Å². The molecule has 3 aliphatic carbocycles. The smallest absolute Gasteiger partial charge is 0.314 e. The van der Waals surface area contributed by atoms with Gasteiger partial charge in [0.15, 0.2) is 0 Å². The first-order valence-electron chi connectivity index (χ1n) is 13.0. The molecule has 1 amide bonds. The predicted octanol–water partition coefficient (Wildman–Crippen LogP) is 5.01. The molecule has 5 nitrogen and oxygen atoms in total. The summed E-state index contributed by atoms with van der Waals surface area (Å²) in [6, 6.07) is 8.02. The first kappa shape index (κ1) is 23.6. The Morgan fingerprint density at radius 2 is 1.71 bits per heavy atom. The van der Waals surface area contributed by atoms with Crippen LogP contribution < -0.4 is 5.32 Å². The first-order valence-corrected chi connectivity index (χ1v) is 13.0. The largest absolute Gasteiger partial charge is 0.481 e. The number of carbonyl (C=O) groups excluding carboxylic acids is 2. The van der Waals surface area contributed by atoms with Crippen molar-refractivity contribution in [1.29, 1.82) is 0 Å². The van der Waals surface area contributed by atoms with Crippen molar-refractivity contribution in [2.24, 2.45) is 28.6 Å². The van der Waals surface area contributed by atoms with Crippen LogP contribution in [-0.4, -0.2) is 28.8 Å². The Balaban J connectivity index is 1.61. The molecule has 184 valence electrons. The Bertz CT molecular complexity index is 1060. The van der Waals surface area contributed by atoms with Crippen molar-refractivity contribution >= 4 is 17.7 Å². The molecule has 2 unspecified atom stereocenters. The summed E-state index contributed by atoms with van der Waals surface area (Å²) in [6.45, 7) is 10.9. The van der Waals surface area contributed by atoms with Crippen LogP contribution in [0.2, 0.25) is 0 Å². The number of piperidine rings is 1. The number of carboxylic acids is 1. The topological polar surface area (TPSA) is 83.5 Å². The Morgan fingerprint density at radius 1 is 1.03 bits per heavy atom. The summed E-state index contributed by atoms with van der Waals surface area (Å²) >= 11 is 0. The van der Waals surface area contributed by atoms with Crippen LogP contribution in [0.5, 0.6) is 0 Å². The number of benzene rings is 1. The van der Waals surface area contributed by atoms with Crippen LogP contribution in [0.15, 0.2) is 24.3 Å². The minimum atomic E-state index is -0.995. The van der Waals surface area contributed by atoms with Gasteiger partial charge in [0.25, 0.3) is 0 Å². The fourth-order valence-electron chi connectivity index (χ4n) is 8.84. The third kappa shape index (κ3) is 2.94. The maximum absolute atomic E-state index is 13.7. The van der Waals surface area contributed by atoms with Crippen molar-refractivity contribution in [3.8, 4) is 0 Å². The zero-order chi connectivity index (χ0) is 24.7. The van der Waals surface area contributed by atoms with Crippen LogP contribution in [0.3, 0.4) is 0 Å². The molecule has 5 heteroatoms. The molecule has 0 aromatic heterocycles. The highest BCUT2D eigenvalue weighted by Crippen LogP contribution is 2.69. The van der Waals surface area contributed by atoms with Gasteiger partial charge in [-0.05, 0) is 71.3 Å². The van der Waals surface area contributed by atoms with Crippen molar-refractivity contribution < 1.29 is 19.5 Å². The molecular weight excluding hydrogens is 426 g/mol. The number of hydrogen-bond acceptors (Lipinski definition) is 3. The highest BCUT2D eigenvalue weighted by Gasteiger charge is 2.70. The molecule has 4 aliphatic rings. The van der Waals surface area contributed by atoms with Gasteiger partial charge in [0, 0.05) is 24.8 Å². The van der Waals surface area contributed by atoms with Crippen LogP contribution in [0.4, 0.5) is 0 Å². The molecule has 0 spiro atoms. The predicted molar refractivity (Wildman–Crippen MR) is 130 cm³/mol. The van der Waals surface area contributed by atoms with Crippen molar-refractivity contribution in [2.45, 2.75) is 96.4 Å². The van der Waals surface area contributed by atoms with E-state index in [1.54, 1.807) is 0 Å². The monoisotopic (exact) mass is 465 g/mol. The van der Waals surface area contributed by atoms with E-state index in [1.165, 1.54) is 0 Å². The van der Waals surface area contributed by atoms with E-state index >= 15 is 0 Å². The summed E-state index contributed by atoms with van der Waals surface area (Å²) in [5.74, 6) is -0.309. The lowest BCUT2D eigenvalue weighted by atomic mass is 9.44. The number of Topliss-reactive ketones (excluding diaryl/α,β-unsaturated/α-hetero) is 1. The number of nitrogens with one attached hydrogen (secondary N) is 1. The minimum Gasteiger partial charge on any atom is -0.481 e. The lowest BCUT2D eigenvalue weighted by Gasteiger charge is -2.60. The van der Waals surface area contributed by atoms with E-state index in [-0.39, 0.29) is 46.3 Å². The SMILES string of the molecule is CC(C)(C)c1ccccc1C1(C(=O)O)CC[C@H]2[C@@H]3C(=O)CC4NC(=O)CC[C@]4(C)[C@@H]3CC[C@@]21C. The first-order chi connectivity index (χ1) is 15.9. The summed E-state index contributed by atoms with van der Waals surface area (Å²) in [6.07, 6.45) is 4.70. The van der Waals surface area contributed by atoms with Gasteiger partial charge in [0.2, 0.25) is 5.91 Å². The van der Waals surface area contributed by atoms with Crippen molar-refractivity contribution in [3.63, 3.8) is 0 Å². The second-order valence-electron chi connectivity index (χ2n) is 13.0. The molecule has 1 aliphatic heterocycles. The van der Waals surface area contributed by atoms with Gasteiger partial charge in [0.05, 0.1) is 5.41 Å². The molecule has 1 aromatic carbocycles. The van der Waals surface area contributed by atoms with Crippen LogP contribution in [0.1, 0.15) is 90.7 Å². The highest BCUT2D eigenvalue weighted by molar-refractivity contribution is 5.88. The highest BCUT2D eigenvalue weighted by atomic mass is 16.4. The average molecular weight is 466 g/mol. The molecule has 7 atom stereocenters. The molecule has 4 fully saturated rings. The number of amides is 1. The summed E-state index contributed by atoms with van der Waals surface area (Å²) in [5, 5.41) is 14.0. The lowest BCUT2D eigenvalue weighted by Crippen LogP contribution is -2.64. The van der Waals surface area contributed by atoms with Crippen molar-refractivity contribution in [1.82, 2.24) is 5.32 Å². The molecule has 0 bridgehead atoms. The van der Waals surface area contributed by atoms with Gasteiger partial charge in [-0.1, -0.05) is 58.9 Å². The van der Waals surface area contributed by atoms with Crippen LogP contribution in [0.25, 0.3) is 0 Å². The van der Waals surface area contributed by atoms with Gasteiger partial charge in [-0.2, -0.15) is 0 Å². The van der Waals surface area contributed by atoms with Gasteiger partial charge < -0.3 is 10.4 Å². The fraction of sp³-hybridized carbons (Fsp3) is 0.690. The molecule has 1 heterocycles. The maximum atomic E-state index is 13.7. The van der Waals surface area contributed by atoms with Crippen LogP contribution >= 0.6 is 0 Å². The van der Waals surface area contributed by atoms with E-state index in [0.29, 0.717) is 19.3 Å². The molecule has 3 saturated carbocycles. The molecule has 1 saturated heterocycles. The van der Waals surface area contributed by atoms with Gasteiger partial charge in [0.1, 0.15) is 5.78 Å². The van der Waals surface area contributed by atoms with Crippen molar-refractivity contribution in [2.75, 3.05) is 0 Å². The van der Waals surface area contributed by atoms with Crippen LogP contribution in [-0.2, 0) is 25.2 Å². The third-order valence-electron chi connectivity index (χ3n) is 10.7. The summed E-state index contributed by atoms with van der Waals surface area (Å²) < 4.78 is 0. The van der Waals surface area contributed by atoms with Crippen LogP contribution in [0, 0.1) is 28.6 Å². The van der Waals surface area contributed by atoms with E-state index in [2.05, 4.69) is 46.0 Å². The third-order valence-corrected chi connectivity index (χ3v) is 10.7. The number of rotatable bonds is 2. The standard InChI is InChI=1S/C29H39NO4/c1-26(2,3)17-8-6-7-9-18(17)29(25(33)34)15-11-20-24-19(10-14-28(20,29)5)27(4)13-12-23(32)30-22(27)16-21(24)31/h6-9,19-20,22,24H,10-16H2,1-5H3,(H,30,32)(H,33,34)/t19-,20+,22?,24-,27-,28+,29?/m1/s1. The Labute approximate surface area is 203 Å². The number of hydrogen-bond donors (Lipinski definition) is 2. The maximum Gasteiger partial charge on any atom is 0.314 e. The number of aliphatic carboxylic acids is 1. The molecule has 34 heavy (non-hydrogen) atoms. The lowest BCUT2D eigenvalue weighted by molar-refractivity contribution is -0.163. The van der Waals surface area contributed by atoms with Crippen molar-refractivity contribution in [3.05, 3.63) is 35.4 Å². The van der Waals surface area contributed by atoms with Gasteiger partial charge >= 0.3 is 5.97 Å². The zero-order valence-corrected chi connectivity index (χ0v) is 21.2. The van der Waals surface area contributed by atoms with E-state index in [0.717, 1.165) is 36.8 Å². The summed E-state index contributed by atoms with van der Waals surface area (Å²) in [4.78, 5) is 39.1. The Kier molecular flexibility index (Phi) is 5.14. The molecule has 5 rings (SSSR count). The molecule has 2 N–H and O–H groups in total. The molecule has 0 radical (unpaired) electrons. The molecular formula is C29H39NO4. The van der Waals surface area contributed by atoms with E-state index in [4.69, 9.17) is 0 Å². The number of carbonyl (C=O) groups is 3. The average Bonchev–Trinajstić information content (AvgIpc) is 3.08. The normalized spacial score (nSPS) is 41.8. The summed E-state index contributed by atoms with van der Waals surface area (Å²) in [5.41, 5.74) is 0.288. The van der Waals surface area contributed by atoms with E-state index in [1.807, 2.05) is 18.2 Å². The minimum absolute atomic E-state index is 0.0540. The second kappa shape index (κ2) is 7.41. The molecule has 1 aromatic rings. The Morgan fingerprint density at radius 3 is 2.38 bits per heavy atom. The zero-order valence-electron chi connectivity index (χ0n) is 21.2. The quantitative estimate of drug-likeness (QED) is 0.643. The second-order valence-corrected chi connectivity index (χ2v) is 13.0. The number of ketones is 1. The summed E-state index contributed by atoms with van der Waals surface area (Å²) in [7, 11) is 0. The van der Waals surface area contributed by atoms with Gasteiger partial charge in [-0.25, -0.2) is 0 Å².